The molecule has 1 heterocycles. The summed E-state index contributed by atoms with van der Waals surface area (Å²) < 4.78 is 78.7. The average molecular weight is 510 g/mol. The van der Waals surface area contributed by atoms with E-state index in [1.54, 1.807) is 0 Å². The lowest BCUT2D eigenvalue weighted by Crippen LogP contribution is -2.76. The Labute approximate surface area is 192 Å². The van der Waals surface area contributed by atoms with Crippen LogP contribution in [0.4, 0.5) is 17.6 Å². The maximum absolute atomic E-state index is 13.6. The predicted octanol–water partition coefficient (Wildman–Crippen LogP) is 1.26. The molecule has 3 aliphatic rings. The Balaban J connectivity index is 1.51. The molecule has 0 spiro atoms. The van der Waals surface area contributed by atoms with Gasteiger partial charge < -0.3 is 9.29 Å². The summed E-state index contributed by atoms with van der Waals surface area (Å²) in [5, 5.41) is 14.6. The third-order valence-corrected chi connectivity index (χ3v) is 7.77. The summed E-state index contributed by atoms with van der Waals surface area (Å²) in [7, 11) is 0. The van der Waals surface area contributed by atoms with Crippen LogP contribution in [0.1, 0.15) is 44.9 Å². The largest absolute Gasteiger partial charge is 0.616 e. The Kier molecular flexibility index (Phi) is 9.95. The highest BCUT2D eigenvalue weighted by atomic mass is 35.5. The van der Waals surface area contributed by atoms with Crippen molar-refractivity contribution in [3.63, 3.8) is 0 Å². The van der Waals surface area contributed by atoms with Crippen molar-refractivity contribution in [3.05, 3.63) is 0 Å². The minimum absolute atomic E-state index is 0.0964. The van der Waals surface area contributed by atoms with Gasteiger partial charge in [0.05, 0.1) is 5.38 Å². The fourth-order valence-corrected chi connectivity index (χ4v) is 5.47. The van der Waals surface area contributed by atoms with Gasteiger partial charge in [-0.2, -0.15) is 13.2 Å². The van der Waals surface area contributed by atoms with Crippen LogP contribution in [0.5, 0.6) is 0 Å². The molecule has 3 rings (SSSR count). The summed E-state index contributed by atoms with van der Waals surface area (Å²) >= 11 is 3.63. The van der Waals surface area contributed by atoms with E-state index in [-0.39, 0.29) is 17.2 Å². The Morgan fingerprint density at radius 3 is 2.38 bits per heavy atom. The molecule has 1 aliphatic heterocycles. The molecule has 7 atom stereocenters. The minimum Gasteiger partial charge on any atom is -0.616 e. The van der Waals surface area contributed by atoms with Gasteiger partial charge in [-0.15, -0.1) is 15.8 Å². The van der Waals surface area contributed by atoms with Crippen LogP contribution in [0.3, 0.4) is 0 Å². The molecule has 0 radical (unpaired) electrons. The molecule has 7 unspecified atom stereocenters. The van der Waals surface area contributed by atoms with Gasteiger partial charge in [-0.3, -0.25) is 26.6 Å². The molecule has 0 aromatic rings. The third kappa shape index (κ3) is 8.58. The summed E-state index contributed by atoms with van der Waals surface area (Å²) in [5.74, 6) is 0.275. The quantitative estimate of drug-likeness (QED) is 0.144. The van der Waals surface area contributed by atoms with Crippen LogP contribution < -0.4 is 26.6 Å². The van der Waals surface area contributed by atoms with E-state index in [0.29, 0.717) is 38.6 Å². The molecule has 2 saturated carbocycles. The topological polar surface area (TPSA) is 110 Å². The van der Waals surface area contributed by atoms with E-state index in [4.69, 9.17) is 16.3 Å². The minimum atomic E-state index is -4.47. The first-order valence-corrected chi connectivity index (χ1v) is 12.6. The summed E-state index contributed by atoms with van der Waals surface area (Å²) in [6.45, 7) is -0.840. The van der Waals surface area contributed by atoms with Gasteiger partial charge in [0.1, 0.15) is 30.6 Å². The van der Waals surface area contributed by atoms with E-state index >= 15 is 0 Å². The number of hydrogen-bond acceptors (Lipinski definition) is 8. The highest BCUT2D eigenvalue weighted by Crippen LogP contribution is 2.27. The Morgan fingerprint density at radius 2 is 1.75 bits per heavy atom. The summed E-state index contributed by atoms with van der Waals surface area (Å²) in [6.07, 6.45) is -3.65. The summed E-state index contributed by atoms with van der Waals surface area (Å²) in [4.78, 5) is 0. The molecule has 14 heteroatoms. The summed E-state index contributed by atoms with van der Waals surface area (Å²) in [6, 6.07) is -0.0964. The van der Waals surface area contributed by atoms with Gasteiger partial charge >= 0.3 is 6.18 Å². The Morgan fingerprint density at radius 1 is 1.06 bits per heavy atom. The van der Waals surface area contributed by atoms with Crippen LogP contribution in [0.15, 0.2) is 0 Å². The van der Waals surface area contributed by atoms with Crippen LogP contribution in [-0.2, 0) is 20.0 Å². The number of nitrogens with one attached hydrogen (secondary N) is 5. The van der Waals surface area contributed by atoms with Crippen LogP contribution in [-0.4, -0.2) is 65.7 Å². The van der Waals surface area contributed by atoms with E-state index < -0.39 is 54.3 Å². The smallest absolute Gasteiger partial charge is 0.411 e. The van der Waals surface area contributed by atoms with Crippen molar-refractivity contribution in [1.82, 2.24) is 26.6 Å². The zero-order chi connectivity index (χ0) is 23.3. The first-order valence-electron chi connectivity index (χ1n) is 11.0. The number of alkyl halides is 5. The van der Waals surface area contributed by atoms with Crippen molar-refractivity contribution in [2.24, 2.45) is 5.92 Å². The fourth-order valence-electron chi connectivity index (χ4n) is 4.41. The lowest BCUT2D eigenvalue weighted by Gasteiger charge is -2.42. The van der Waals surface area contributed by atoms with E-state index in [9.17, 15) is 26.3 Å². The molecule has 2 aliphatic carbocycles. The average Bonchev–Trinajstić information content (AvgIpc) is 2.73. The van der Waals surface area contributed by atoms with Gasteiger partial charge in [-0.1, -0.05) is 0 Å². The van der Waals surface area contributed by atoms with Crippen LogP contribution in [0.25, 0.3) is 0 Å². The predicted molar refractivity (Wildman–Crippen MR) is 112 cm³/mol. The SMILES string of the molecule is O=[SH+]([O-])C1CCC(CNC2NC(NC3CCC(F)C(Cl)C3)NC(OCC(F)(F)F)N2)CC1. The van der Waals surface area contributed by atoms with E-state index in [2.05, 4.69) is 26.6 Å². The van der Waals surface area contributed by atoms with Gasteiger partial charge in [0.25, 0.3) is 0 Å². The monoisotopic (exact) mass is 509 g/mol. The number of halogens is 5. The number of rotatable bonds is 8. The van der Waals surface area contributed by atoms with Crippen molar-refractivity contribution in [2.45, 2.75) is 92.9 Å². The molecule has 188 valence electrons. The first kappa shape index (κ1) is 26.5. The number of ether oxygens (including phenoxy) is 1. The lowest BCUT2D eigenvalue weighted by molar-refractivity contribution is -0.199. The Bertz CT molecular complexity index is 618. The highest BCUT2D eigenvalue weighted by molar-refractivity contribution is 7.79. The summed E-state index contributed by atoms with van der Waals surface area (Å²) in [5.41, 5.74) is 0. The van der Waals surface area contributed by atoms with Crippen LogP contribution >= 0.6 is 11.6 Å². The van der Waals surface area contributed by atoms with Gasteiger partial charge in [0.15, 0.2) is 6.35 Å². The molecule has 1 saturated heterocycles. The lowest BCUT2D eigenvalue weighted by atomic mass is 9.89. The number of thiol groups is 1. The molecule has 8 nitrogen and oxygen atoms in total. The molecular formula is C18H32ClF4N5O3S. The molecule has 0 bridgehead atoms. The van der Waals surface area contributed by atoms with Crippen LogP contribution in [0, 0.1) is 5.92 Å². The Hall–Kier alpha value is -0.120. The van der Waals surface area contributed by atoms with Crippen molar-refractivity contribution in [3.8, 4) is 0 Å². The highest BCUT2D eigenvalue weighted by Gasteiger charge is 2.36. The molecule has 32 heavy (non-hydrogen) atoms. The second-order valence-electron chi connectivity index (χ2n) is 8.75. The van der Waals surface area contributed by atoms with Gasteiger partial charge in [-0.25, -0.2) is 4.39 Å². The number of hydrogen-bond donors (Lipinski definition) is 5. The zero-order valence-corrected chi connectivity index (χ0v) is 19.2. The zero-order valence-electron chi connectivity index (χ0n) is 17.5. The fraction of sp³-hybridized carbons (Fsp3) is 1.00. The maximum atomic E-state index is 13.6. The van der Waals surface area contributed by atoms with E-state index in [1.165, 1.54) is 0 Å². The molecule has 0 amide bonds. The van der Waals surface area contributed by atoms with Crippen molar-refractivity contribution >= 4 is 22.7 Å². The van der Waals surface area contributed by atoms with E-state index in [0.717, 1.165) is 12.8 Å². The maximum Gasteiger partial charge on any atom is 0.411 e. The standard InChI is InChI=1S/C18H32ClF4N5O3S/c19-13-7-11(3-6-14(13)20)25-16-26-15(27-17(28-16)31-9-18(21,22)23)24-8-10-1-4-12(5-2-10)32(29)30/h10-17,24-28,32H,1-9H2. The van der Waals surface area contributed by atoms with Gasteiger partial charge in [0.2, 0.25) is 0 Å². The molecule has 0 aromatic carbocycles. The van der Waals surface area contributed by atoms with Gasteiger partial charge in [-0.05, 0) is 50.9 Å². The van der Waals surface area contributed by atoms with Crippen molar-refractivity contribution < 1.29 is 31.1 Å². The van der Waals surface area contributed by atoms with Crippen molar-refractivity contribution in [1.29, 1.82) is 0 Å². The molecular weight excluding hydrogens is 478 g/mol. The second-order valence-corrected chi connectivity index (χ2v) is 10.6. The second kappa shape index (κ2) is 12.0. The van der Waals surface area contributed by atoms with E-state index in [1.807, 2.05) is 0 Å². The molecule has 0 aromatic heterocycles. The van der Waals surface area contributed by atoms with Crippen molar-refractivity contribution in [2.75, 3.05) is 13.2 Å². The van der Waals surface area contributed by atoms with Gasteiger partial charge in [0, 0.05) is 23.7 Å². The molecule has 5 N–H and O–H groups in total. The first-order chi connectivity index (χ1) is 15.1. The molecule has 3 fully saturated rings. The van der Waals surface area contributed by atoms with Crippen LogP contribution in [0.2, 0.25) is 0 Å². The normalized spacial score (nSPS) is 40.2. The third-order valence-electron chi connectivity index (χ3n) is 6.20.